The average Bonchev–Trinajstić information content (AvgIpc) is 3.38. The molecule has 1 saturated carbocycles. The number of nitrogens with one attached hydrogen (secondary N) is 2. The standard InChI is InChI=1S/C22H33N5O/c1-5-28-13-12-22(10-11-22)16-25-21(23-4)24-15-19-8-6-7-9-20(19)27-18(3)14-17(2)26-27/h6-9,14H,5,10-13,15-16H2,1-4H3,(H2,23,24,25). The number of benzene rings is 1. The maximum Gasteiger partial charge on any atom is 0.191 e. The molecule has 1 heterocycles. The van der Waals surface area contributed by atoms with Crippen molar-refractivity contribution in [2.75, 3.05) is 26.8 Å². The van der Waals surface area contributed by atoms with Gasteiger partial charge in [-0.1, -0.05) is 18.2 Å². The molecule has 0 saturated heterocycles. The van der Waals surface area contributed by atoms with Crippen LogP contribution < -0.4 is 10.6 Å². The molecule has 6 nitrogen and oxygen atoms in total. The lowest BCUT2D eigenvalue weighted by Crippen LogP contribution is -2.40. The van der Waals surface area contributed by atoms with E-state index in [1.165, 1.54) is 18.4 Å². The topological polar surface area (TPSA) is 63.5 Å². The zero-order valence-corrected chi connectivity index (χ0v) is 17.6. The van der Waals surface area contributed by atoms with Gasteiger partial charge in [-0.25, -0.2) is 4.68 Å². The lowest BCUT2D eigenvalue weighted by Gasteiger charge is -2.19. The van der Waals surface area contributed by atoms with Gasteiger partial charge in [0.25, 0.3) is 0 Å². The second-order valence-corrected chi connectivity index (χ2v) is 7.69. The van der Waals surface area contributed by atoms with Crippen molar-refractivity contribution in [2.24, 2.45) is 10.4 Å². The van der Waals surface area contributed by atoms with Crippen LogP contribution in [0.3, 0.4) is 0 Å². The Morgan fingerprint density at radius 2 is 2.04 bits per heavy atom. The van der Waals surface area contributed by atoms with Gasteiger partial charge < -0.3 is 15.4 Å². The van der Waals surface area contributed by atoms with Crippen LogP contribution in [-0.4, -0.2) is 42.5 Å². The summed E-state index contributed by atoms with van der Waals surface area (Å²) in [7, 11) is 1.82. The highest BCUT2D eigenvalue weighted by molar-refractivity contribution is 5.79. The summed E-state index contributed by atoms with van der Waals surface area (Å²) >= 11 is 0. The first-order valence-electron chi connectivity index (χ1n) is 10.2. The van der Waals surface area contributed by atoms with Crippen molar-refractivity contribution in [1.29, 1.82) is 0 Å². The van der Waals surface area contributed by atoms with E-state index in [1.807, 2.05) is 25.6 Å². The molecule has 6 heteroatoms. The molecule has 1 aromatic heterocycles. The normalized spacial score (nSPS) is 15.5. The molecule has 0 spiro atoms. The Bertz CT molecular complexity index is 807. The molecule has 0 bridgehead atoms. The van der Waals surface area contributed by atoms with Gasteiger partial charge in [0.2, 0.25) is 0 Å². The summed E-state index contributed by atoms with van der Waals surface area (Å²) in [6, 6.07) is 10.5. The largest absolute Gasteiger partial charge is 0.382 e. The molecule has 28 heavy (non-hydrogen) atoms. The molecule has 2 aromatic rings. The van der Waals surface area contributed by atoms with Crippen LogP contribution in [-0.2, 0) is 11.3 Å². The van der Waals surface area contributed by atoms with Crippen LogP contribution in [0.25, 0.3) is 5.69 Å². The summed E-state index contributed by atoms with van der Waals surface area (Å²) in [5.41, 5.74) is 4.84. The molecular formula is C22H33N5O. The summed E-state index contributed by atoms with van der Waals surface area (Å²) in [5.74, 6) is 0.839. The van der Waals surface area contributed by atoms with E-state index in [2.05, 4.69) is 58.0 Å². The Balaban J connectivity index is 1.58. The van der Waals surface area contributed by atoms with E-state index in [0.29, 0.717) is 12.0 Å². The fourth-order valence-corrected chi connectivity index (χ4v) is 3.54. The van der Waals surface area contributed by atoms with Gasteiger partial charge in [-0.15, -0.1) is 0 Å². The molecule has 152 valence electrons. The number of nitrogens with zero attached hydrogens (tertiary/aromatic N) is 3. The van der Waals surface area contributed by atoms with Gasteiger partial charge in [0.05, 0.1) is 11.4 Å². The lowest BCUT2D eigenvalue weighted by molar-refractivity contribution is 0.128. The highest BCUT2D eigenvalue weighted by atomic mass is 16.5. The van der Waals surface area contributed by atoms with Crippen molar-refractivity contribution in [3.8, 4) is 5.69 Å². The first-order valence-corrected chi connectivity index (χ1v) is 10.2. The number of aryl methyl sites for hydroxylation is 2. The van der Waals surface area contributed by atoms with Gasteiger partial charge in [0.1, 0.15) is 0 Å². The third-order valence-electron chi connectivity index (χ3n) is 5.47. The third kappa shape index (κ3) is 5.13. The van der Waals surface area contributed by atoms with E-state index in [4.69, 9.17) is 4.74 Å². The zero-order chi connectivity index (χ0) is 20.0. The maximum atomic E-state index is 5.53. The number of hydrogen-bond donors (Lipinski definition) is 2. The number of guanidine groups is 1. The van der Waals surface area contributed by atoms with E-state index < -0.39 is 0 Å². The van der Waals surface area contributed by atoms with Crippen molar-refractivity contribution >= 4 is 5.96 Å². The molecule has 1 fully saturated rings. The van der Waals surface area contributed by atoms with E-state index in [-0.39, 0.29) is 0 Å². The van der Waals surface area contributed by atoms with E-state index in [9.17, 15) is 0 Å². The van der Waals surface area contributed by atoms with Gasteiger partial charge in [-0.2, -0.15) is 5.10 Å². The van der Waals surface area contributed by atoms with Crippen LogP contribution in [0.5, 0.6) is 0 Å². The fraction of sp³-hybridized carbons (Fsp3) is 0.545. The first-order chi connectivity index (χ1) is 13.6. The second-order valence-electron chi connectivity index (χ2n) is 7.69. The maximum absolute atomic E-state index is 5.53. The van der Waals surface area contributed by atoms with Crippen LogP contribution in [0.1, 0.15) is 43.1 Å². The minimum atomic E-state index is 0.383. The molecular weight excluding hydrogens is 350 g/mol. The molecule has 0 amide bonds. The van der Waals surface area contributed by atoms with E-state index >= 15 is 0 Å². The monoisotopic (exact) mass is 383 g/mol. The molecule has 3 rings (SSSR count). The number of rotatable bonds is 9. The van der Waals surface area contributed by atoms with E-state index in [0.717, 1.165) is 49.2 Å². The summed E-state index contributed by atoms with van der Waals surface area (Å²) in [6.45, 7) is 9.44. The molecule has 1 aliphatic carbocycles. The number of para-hydroxylation sites is 1. The minimum absolute atomic E-state index is 0.383. The smallest absolute Gasteiger partial charge is 0.191 e. The van der Waals surface area contributed by atoms with Gasteiger partial charge >= 0.3 is 0 Å². The van der Waals surface area contributed by atoms with Gasteiger partial charge in [0, 0.05) is 39.0 Å². The van der Waals surface area contributed by atoms with Crippen molar-refractivity contribution < 1.29 is 4.74 Å². The first kappa shape index (κ1) is 20.4. The Kier molecular flexibility index (Phi) is 6.73. The van der Waals surface area contributed by atoms with Crippen LogP contribution in [0.4, 0.5) is 0 Å². The molecule has 1 aliphatic rings. The Morgan fingerprint density at radius 3 is 2.68 bits per heavy atom. The molecule has 0 radical (unpaired) electrons. The summed E-state index contributed by atoms with van der Waals surface area (Å²) in [5, 5.41) is 11.6. The van der Waals surface area contributed by atoms with Crippen molar-refractivity contribution in [3.05, 3.63) is 47.3 Å². The quantitative estimate of drug-likeness (QED) is 0.396. The predicted molar refractivity (Wildman–Crippen MR) is 114 cm³/mol. The minimum Gasteiger partial charge on any atom is -0.382 e. The van der Waals surface area contributed by atoms with Gasteiger partial charge in [0.15, 0.2) is 5.96 Å². The Morgan fingerprint density at radius 1 is 1.25 bits per heavy atom. The van der Waals surface area contributed by atoms with Crippen LogP contribution in [0, 0.1) is 19.3 Å². The number of hydrogen-bond acceptors (Lipinski definition) is 3. The van der Waals surface area contributed by atoms with Gasteiger partial charge in [-0.3, -0.25) is 4.99 Å². The Hall–Kier alpha value is -2.34. The van der Waals surface area contributed by atoms with Crippen molar-refractivity contribution in [1.82, 2.24) is 20.4 Å². The number of aromatic nitrogens is 2. The third-order valence-corrected chi connectivity index (χ3v) is 5.47. The fourth-order valence-electron chi connectivity index (χ4n) is 3.54. The van der Waals surface area contributed by atoms with Gasteiger partial charge in [-0.05, 0) is 63.1 Å². The van der Waals surface area contributed by atoms with E-state index in [1.54, 1.807) is 0 Å². The van der Waals surface area contributed by atoms with Crippen molar-refractivity contribution in [2.45, 2.75) is 46.6 Å². The SMILES string of the molecule is CCOCCC1(CNC(=NC)NCc2ccccc2-n2nc(C)cc2C)CC1. The lowest BCUT2D eigenvalue weighted by atomic mass is 10.0. The Labute approximate surface area is 168 Å². The zero-order valence-electron chi connectivity index (χ0n) is 17.6. The summed E-state index contributed by atoms with van der Waals surface area (Å²) in [6.07, 6.45) is 3.65. The molecule has 0 unspecified atom stereocenters. The van der Waals surface area contributed by atoms with Crippen LogP contribution >= 0.6 is 0 Å². The summed E-state index contributed by atoms with van der Waals surface area (Å²) in [4.78, 5) is 4.40. The predicted octanol–water partition coefficient (Wildman–Crippen LogP) is 3.36. The highest BCUT2D eigenvalue weighted by Gasteiger charge is 2.41. The number of ether oxygens (including phenoxy) is 1. The van der Waals surface area contributed by atoms with Crippen molar-refractivity contribution in [3.63, 3.8) is 0 Å². The average molecular weight is 384 g/mol. The van der Waals surface area contributed by atoms with Crippen LogP contribution in [0.15, 0.2) is 35.3 Å². The summed E-state index contributed by atoms with van der Waals surface area (Å²) < 4.78 is 7.54. The molecule has 1 aromatic carbocycles. The second kappa shape index (κ2) is 9.24. The number of aliphatic imine (C=N–C) groups is 1. The molecule has 0 aliphatic heterocycles. The molecule has 2 N–H and O–H groups in total. The van der Waals surface area contributed by atoms with Crippen LogP contribution in [0.2, 0.25) is 0 Å². The molecule has 0 atom stereocenters. The highest BCUT2D eigenvalue weighted by Crippen LogP contribution is 2.48.